The quantitative estimate of drug-likeness (QED) is 0.505. The SMILES string of the molecule is CCc1ccccc1-n1c(C)cc(/C=C2\SC(=Nc3cccc(C(=O)O)c3)N(C)C2=O)c1C. The monoisotopic (exact) mass is 459 g/mol. The fraction of sp³-hybridized carbons (Fsp3) is 0.192. The standard InChI is InChI=1S/C26H25N3O3S/c1-5-18-9-6-7-12-22(18)29-16(2)13-20(17(29)3)15-23-24(30)28(4)26(33-23)27-21-11-8-10-19(14-21)25(31)32/h6-15H,5H2,1-4H3,(H,31,32)/b23-15-,27-26?. The van der Waals surface area contributed by atoms with Gasteiger partial charge in [0, 0.05) is 24.1 Å². The molecule has 1 aliphatic rings. The first-order valence-electron chi connectivity index (χ1n) is 10.7. The molecule has 1 fully saturated rings. The van der Waals surface area contributed by atoms with Crippen molar-refractivity contribution in [2.24, 2.45) is 4.99 Å². The van der Waals surface area contributed by atoms with Crippen LogP contribution in [0.15, 0.2) is 64.5 Å². The van der Waals surface area contributed by atoms with Crippen molar-refractivity contribution in [3.05, 3.63) is 87.6 Å². The molecule has 1 N–H and O–H groups in total. The van der Waals surface area contributed by atoms with Crippen molar-refractivity contribution >= 4 is 40.6 Å². The summed E-state index contributed by atoms with van der Waals surface area (Å²) in [6.07, 6.45) is 2.85. The molecule has 3 aromatic rings. The van der Waals surface area contributed by atoms with E-state index in [0.29, 0.717) is 15.8 Å². The Morgan fingerprint density at radius 1 is 1.12 bits per heavy atom. The number of amides is 1. The van der Waals surface area contributed by atoms with E-state index in [9.17, 15) is 14.7 Å². The van der Waals surface area contributed by atoms with Crippen LogP contribution in [-0.2, 0) is 11.2 Å². The van der Waals surface area contributed by atoms with E-state index in [0.717, 1.165) is 29.1 Å². The Balaban J connectivity index is 1.69. The minimum Gasteiger partial charge on any atom is -0.478 e. The van der Waals surface area contributed by atoms with Crippen LogP contribution in [0.4, 0.5) is 5.69 Å². The molecule has 6 nitrogen and oxygen atoms in total. The van der Waals surface area contributed by atoms with Gasteiger partial charge in [0.15, 0.2) is 5.17 Å². The molecule has 0 atom stereocenters. The fourth-order valence-electron chi connectivity index (χ4n) is 3.94. The van der Waals surface area contributed by atoms with Crippen molar-refractivity contribution in [2.45, 2.75) is 27.2 Å². The second kappa shape index (κ2) is 9.11. The van der Waals surface area contributed by atoms with E-state index < -0.39 is 5.97 Å². The van der Waals surface area contributed by atoms with E-state index in [-0.39, 0.29) is 11.5 Å². The zero-order valence-electron chi connectivity index (χ0n) is 19.0. The van der Waals surface area contributed by atoms with E-state index >= 15 is 0 Å². The number of para-hydroxylation sites is 1. The third-order valence-electron chi connectivity index (χ3n) is 5.69. The number of hydrogen-bond donors (Lipinski definition) is 1. The molecule has 2 heterocycles. The summed E-state index contributed by atoms with van der Waals surface area (Å²) in [4.78, 5) is 30.7. The highest BCUT2D eigenvalue weighted by atomic mass is 32.2. The lowest BCUT2D eigenvalue weighted by atomic mass is 10.1. The van der Waals surface area contributed by atoms with Crippen molar-refractivity contribution in [2.75, 3.05) is 7.05 Å². The maximum atomic E-state index is 12.9. The molecule has 0 spiro atoms. The summed E-state index contributed by atoms with van der Waals surface area (Å²) in [5.41, 5.74) is 6.22. The molecular weight excluding hydrogens is 434 g/mol. The van der Waals surface area contributed by atoms with Gasteiger partial charge in [0.25, 0.3) is 5.91 Å². The number of hydrogen-bond acceptors (Lipinski definition) is 4. The van der Waals surface area contributed by atoms with Gasteiger partial charge in [0.05, 0.1) is 16.2 Å². The summed E-state index contributed by atoms with van der Waals surface area (Å²) in [5.74, 6) is -1.15. The van der Waals surface area contributed by atoms with Crippen molar-refractivity contribution in [3.63, 3.8) is 0 Å². The predicted molar refractivity (Wildman–Crippen MR) is 133 cm³/mol. The molecule has 0 unspecified atom stereocenters. The van der Waals surface area contributed by atoms with Crippen LogP contribution < -0.4 is 0 Å². The summed E-state index contributed by atoms with van der Waals surface area (Å²) in [5, 5.41) is 9.72. The smallest absolute Gasteiger partial charge is 0.335 e. The summed E-state index contributed by atoms with van der Waals surface area (Å²) in [6, 6.07) is 16.8. The maximum absolute atomic E-state index is 12.9. The number of carbonyl (C=O) groups is 2. The third kappa shape index (κ3) is 4.36. The van der Waals surface area contributed by atoms with E-state index in [1.54, 1.807) is 19.2 Å². The van der Waals surface area contributed by atoms with Gasteiger partial charge >= 0.3 is 5.97 Å². The van der Waals surface area contributed by atoms with E-state index in [2.05, 4.69) is 54.6 Å². The number of carboxylic acids is 1. The van der Waals surface area contributed by atoms with Gasteiger partial charge in [-0.1, -0.05) is 31.2 Å². The molecule has 0 radical (unpaired) electrons. The summed E-state index contributed by atoms with van der Waals surface area (Å²) in [7, 11) is 1.68. The number of rotatable bonds is 5. The molecule has 168 valence electrons. The van der Waals surface area contributed by atoms with Gasteiger partial charge < -0.3 is 9.67 Å². The molecule has 1 amide bonds. The Bertz CT molecular complexity index is 1320. The van der Waals surface area contributed by atoms with Crippen LogP contribution in [0.3, 0.4) is 0 Å². The molecule has 1 saturated heterocycles. The molecular formula is C26H25N3O3S. The summed E-state index contributed by atoms with van der Waals surface area (Å²) in [6.45, 7) is 6.28. The van der Waals surface area contributed by atoms with Crippen molar-refractivity contribution in [3.8, 4) is 5.69 Å². The topological polar surface area (TPSA) is 74.9 Å². The number of amidine groups is 1. The molecule has 1 aliphatic heterocycles. The Labute approximate surface area is 197 Å². The average molecular weight is 460 g/mol. The van der Waals surface area contributed by atoms with Crippen molar-refractivity contribution < 1.29 is 14.7 Å². The van der Waals surface area contributed by atoms with Crippen LogP contribution >= 0.6 is 11.8 Å². The number of carbonyl (C=O) groups excluding carboxylic acids is 1. The molecule has 7 heteroatoms. The zero-order chi connectivity index (χ0) is 23.7. The maximum Gasteiger partial charge on any atom is 0.335 e. The van der Waals surface area contributed by atoms with E-state index in [1.165, 1.54) is 34.4 Å². The van der Waals surface area contributed by atoms with Crippen LogP contribution in [0.5, 0.6) is 0 Å². The number of thioether (sulfide) groups is 1. The number of aliphatic imine (C=N–C) groups is 1. The van der Waals surface area contributed by atoms with E-state index in [1.807, 2.05) is 12.1 Å². The van der Waals surface area contributed by atoms with Crippen LogP contribution in [0.25, 0.3) is 11.8 Å². The number of likely N-dealkylation sites (N-methyl/N-ethyl adjacent to an activating group) is 1. The van der Waals surface area contributed by atoms with Gasteiger partial charge in [-0.2, -0.15) is 0 Å². The highest BCUT2D eigenvalue weighted by Crippen LogP contribution is 2.35. The molecule has 0 aliphatic carbocycles. The molecule has 33 heavy (non-hydrogen) atoms. The van der Waals surface area contributed by atoms with Crippen LogP contribution in [0.1, 0.15) is 39.8 Å². The molecule has 2 aromatic carbocycles. The number of carboxylic acid groups (broad SMARTS) is 1. The largest absolute Gasteiger partial charge is 0.478 e. The van der Waals surface area contributed by atoms with Gasteiger partial charge in [0.1, 0.15) is 0 Å². The fourth-order valence-corrected chi connectivity index (χ4v) is 4.92. The van der Waals surface area contributed by atoms with Crippen LogP contribution in [-0.4, -0.2) is 38.7 Å². The van der Waals surface area contributed by atoms with Crippen LogP contribution in [0.2, 0.25) is 0 Å². The highest BCUT2D eigenvalue weighted by molar-refractivity contribution is 8.18. The summed E-state index contributed by atoms with van der Waals surface area (Å²) < 4.78 is 2.23. The number of aromatic nitrogens is 1. The first kappa shape index (κ1) is 22.6. The Hall–Kier alpha value is -3.58. The second-order valence-corrected chi connectivity index (χ2v) is 8.88. The van der Waals surface area contributed by atoms with Gasteiger partial charge in [0.2, 0.25) is 0 Å². The first-order chi connectivity index (χ1) is 15.8. The number of benzene rings is 2. The predicted octanol–water partition coefficient (Wildman–Crippen LogP) is 5.59. The van der Waals surface area contributed by atoms with Crippen molar-refractivity contribution in [1.82, 2.24) is 9.47 Å². The molecule has 0 saturated carbocycles. The Morgan fingerprint density at radius 2 is 1.88 bits per heavy atom. The average Bonchev–Trinajstić information content (AvgIpc) is 3.23. The third-order valence-corrected chi connectivity index (χ3v) is 6.75. The zero-order valence-corrected chi connectivity index (χ0v) is 19.8. The van der Waals surface area contributed by atoms with Gasteiger partial charge in [-0.3, -0.25) is 9.69 Å². The number of aromatic carboxylic acids is 1. The minimum atomic E-state index is -1.01. The van der Waals surface area contributed by atoms with E-state index in [4.69, 9.17) is 0 Å². The summed E-state index contributed by atoms with van der Waals surface area (Å²) >= 11 is 1.29. The lowest BCUT2D eigenvalue weighted by Crippen LogP contribution is -2.23. The normalized spacial score (nSPS) is 16.2. The van der Waals surface area contributed by atoms with Gasteiger partial charge in [-0.15, -0.1) is 0 Å². The molecule has 1 aromatic heterocycles. The molecule has 0 bridgehead atoms. The van der Waals surface area contributed by atoms with Gasteiger partial charge in [-0.05, 0) is 79.6 Å². The lowest BCUT2D eigenvalue weighted by Gasteiger charge is -2.14. The minimum absolute atomic E-state index is 0.132. The second-order valence-electron chi connectivity index (χ2n) is 7.87. The van der Waals surface area contributed by atoms with Gasteiger partial charge in [-0.25, -0.2) is 9.79 Å². The molecule has 4 rings (SSSR count). The number of aryl methyl sites for hydroxylation is 2. The van der Waals surface area contributed by atoms with Crippen LogP contribution in [0, 0.1) is 13.8 Å². The Kier molecular flexibility index (Phi) is 6.24. The first-order valence-corrected chi connectivity index (χ1v) is 11.5. The van der Waals surface area contributed by atoms with Crippen molar-refractivity contribution in [1.29, 1.82) is 0 Å². The highest BCUT2D eigenvalue weighted by Gasteiger charge is 2.31. The Morgan fingerprint density at radius 3 is 2.61 bits per heavy atom. The lowest BCUT2D eigenvalue weighted by molar-refractivity contribution is -0.121. The number of nitrogens with zero attached hydrogens (tertiary/aromatic N) is 3.